The van der Waals surface area contributed by atoms with Crippen LogP contribution in [0.2, 0.25) is 0 Å². The number of carbonyl (C=O) groups excluding carboxylic acids is 1. The number of benzene rings is 2. The number of carbonyl (C=O) groups is 1. The van der Waals surface area contributed by atoms with Gasteiger partial charge in [0.25, 0.3) is 5.91 Å². The van der Waals surface area contributed by atoms with E-state index in [-0.39, 0.29) is 5.91 Å². The normalized spacial score (nSPS) is 11.2. The van der Waals surface area contributed by atoms with Crippen molar-refractivity contribution < 1.29 is 9.53 Å². The Kier molecular flexibility index (Phi) is 4.27. The number of imidazole rings is 1. The number of aromatic nitrogens is 4. The Morgan fingerprint density at radius 2 is 2.07 bits per heavy atom. The third-order valence-corrected chi connectivity index (χ3v) is 4.73. The predicted molar refractivity (Wildman–Crippen MR) is 104 cm³/mol. The topological polar surface area (TPSA) is 76.0 Å². The molecule has 1 amide bonds. The summed E-state index contributed by atoms with van der Waals surface area (Å²) in [4.78, 5) is 22.4. The Morgan fingerprint density at radius 3 is 2.89 bits per heavy atom. The molecular formula is C20H21N5O2. The van der Waals surface area contributed by atoms with Crippen LogP contribution in [0.4, 0.5) is 0 Å². The summed E-state index contributed by atoms with van der Waals surface area (Å²) in [6.45, 7) is 0.542. The minimum Gasteiger partial charge on any atom is -0.497 e. The first-order valence-corrected chi connectivity index (χ1v) is 8.76. The molecule has 0 radical (unpaired) electrons. The van der Waals surface area contributed by atoms with Crippen molar-refractivity contribution in [2.45, 2.75) is 6.42 Å². The first-order chi connectivity index (χ1) is 13.1. The number of fused-ring (bicyclic) bond motifs is 2. The fraction of sp³-hybridized carbons (Fsp3) is 0.250. The van der Waals surface area contributed by atoms with Crippen molar-refractivity contribution in [3.63, 3.8) is 0 Å². The molecule has 27 heavy (non-hydrogen) atoms. The maximum Gasteiger partial charge on any atom is 0.274 e. The van der Waals surface area contributed by atoms with Crippen LogP contribution in [0.5, 0.6) is 5.75 Å². The van der Waals surface area contributed by atoms with Crippen molar-refractivity contribution in [3.8, 4) is 5.75 Å². The van der Waals surface area contributed by atoms with Gasteiger partial charge in [-0.05, 0) is 18.2 Å². The summed E-state index contributed by atoms with van der Waals surface area (Å²) < 4.78 is 6.98. The first-order valence-electron chi connectivity index (χ1n) is 8.76. The molecule has 0 aliphatic rings. The second-order valence-electron chi connectivity index (χ2n) is 6.53. The van der Waals surface area contributed by atoms with Gasteiger partial charge in [0, 0.05) is 38.5 Å². The Hall–Kier alpha value is -3.35. The molecule has 0 aliphatic carbocycles. The minimum atomic E-state index is -0.0930. The predicted octanol–water partition coefficient (Wildman–Crippen LogP) is 2.77. The molecule has 7 nitrogen and oxygen atoms in total. The van der Waals surface area contributed by atoms with Crippen LogP contribution in [-0.4, -0.2) is 51.3 Å². The zero-order chi connectivity index (χ0) is 19.0. The standard InChI is InChI=1S/C20H21N5O2/c1-24(20(26)19-14-6-4-5-7-17(14)25(2)23-19)11-10-18-21-15-9-8-13(27-3)12-16(15)22-18/h4-9,12H,10-11H2,1-3H3,(H,21,22). The minimum absolute atomic E-state index is 0.0930. The van der Waals surface area contributed by atoms with E-state index in [0.29, 0.717) is 18.7 Å². The number of hydrogen-bond acceptors (Lipinski definition) is 4. The quantitative estimate of drug-likeness (QED) is 0.592. The molecule has 0 aliphatic heterocycles. The summed E-state index contributed by atoms with van der Waals surface area (Å²) in [7, 11) is 5.28. The number of aromatic amines is 1. The van der Waals surface area contributed by atoms with Gasteiger partial charge < -0.3 is 14.6 Å². The van der Waals surface area contributed by atoms with Gasteiger partial charge in [0.15, 0.2) is 5.69 Å². The van der Waals surface area contributed by atoms with E-state index >= 15 is 0 Å². The van der Waals surface area contributed by atoms with Gasteiger partial charge in [0.1, 0.15) is 11.6 Å². The molecule has 0 spiro atoms. The number of hydrogen-bond donors (Lipinski definition) is 1. The number of nitrogens with zero attached hydrogens (tertiary/aromatic N) is 4. The van der Waals surface area contributed by atoms with E-state index in [1.165, 1.54) is 0 Å². The van der Waals surface area contributed by atoms with E-state index in [4.69, 9.17) is 4.74 Å². The number of ether oxygens (including phenoxy) is 1. The van der Waals surface area contributed by atoms with Crippen LogP contribution in [0.15, 0.2) is 42.5 Å². The summed E-state index contributed by atoms with van der Waals surface area (Å²) in [5, 5.41) is 5.28. The highest BCUT2D eigenvalue weighted by Crippen LogP contribution is 2.20. The number of nitrogens with one attached hydrogen (secondary N) is 1. The molecule has 2 heterocycles. The van der Waals surface area contributed by atoms with Gasteiger partial charge >= 0.3 is 0 Å². The average molecular weight is 363 g/mol. The smallest absolute Gasteiger partial charge is 0.274 e. The van der Waals surface area contributed by atoms with Crippen molar-refractivity contribution in [2.75, 3.05) is 20.7 Å². The van der Waals surface area contributed by atoms with Crippen molar-refractivity contribution >= 4 is 27.8 Å². The molecule has 4 rings (SSSR count). The molecular weight excluding hydrogens is 342 g/mol. The maximum absolute atomic E-state index is 12.9. The SMILES string of the molecule is COc1ccc2nc(CCN(C)C(=O)c3nn(C)c4ccccc34)[nH]c2c1. The van der Waals surface area contributed by atoms with Crippen LogP contribution < -0.4 is 4.74 Å². The van der Waals surface area contributed by atoms with E-state index in [0.717, 1.165) is 33.5 Å². The summed E-state index contributed by atoms with van der Waals surface area (Å²) in [6.07, 6.45) is 0.629. The number of amides is 1. The van der Waals surface area contributed by atoms with Crippen LogP contribution in [-0.2, 0) is 13.5 Å². The van der Waals surface area contributed by atoms with Gasteiger partial charge in [0.05, 0.1) is 23.7 Å². The summed E-state index contributed by atoms with van der Waals surface area (Å²) >= 11 is 0. The van der Waals surface area contributed by atoms with Gasteiger partial charge in [-0.25, -0.2) is 4.98 Å². The van der Waals surface area contributed by atoms with Crippen LogP contribution in [0, 0.1) is 0 Å². The summed E-state index contributed by atoms with van der Waals surface area (Å²) in [5.74, 6) is 1.53. The fourth-order valence-electron chi connectivity index (χ4n) is 3.21. The van der Waals surface area contributed by atoms with Crippen LogP contribution in [0.25, 0.3) is 21.9 Å². The maximum atomic E-state index is 12.9. The van der Waals surface area contributed by atoms with Crippen molar-refractivity contribution in [1.29, 1.82) is 0 Å². The molecule has 1 N–H and O–H groups in total. The summed E-state index contributed by atoms with van der Waals surface area (Å²) in [6, 6.07) is 13.5. The molecule has 2 aromatic carbocycles. The average Bonchev–Trinajstić information content (AvgIpc) is 3.25. The Morgan fingerprint density at radius 1 is 1.26 bits per heavy atom. The van der Waals surface area contributed by atoms with E-state index in [9.17, 15) is 4.79 Å². The van der Waals surface area contributed by atoms with Crippen LogP contribution >= 0.6 is 0 Å². The molecule has 0 saturated carbocycles. The molecule has 2 aromatic heterocycles. The molecule has 0 fully saturated rings. The lowest BCUT2D eigenvalue weighted by molar-refractivity contribution is 0.0791. The van der Waals surface area contributed by atoms with Crippen LogP contribution in [0.1, 0.15) is 16.3 Å². The van der Waals surface area contributed by atoms with Crippen molar-refractivity contribution in [1.82, 2.24) is 24.6 Å². The molecule has 138 valence electrons. The highest BCUT2D eigenvalue weighted by molar-refractivity contribution is 6.04. The fourth-order valence-corrected chi connectivity index (χ4v) is 3.21. The lowest BCUT2D eigenvalue weighted by atomic mass is 10.2. The second kappa shape index (κ2) is 6.75. The lowest BCUT2D eigenvalue weighted by Crippen LogP contribution is -2.29. The number of methoxy groups -OCH3 is 1. The van der Waals surface area contributed by atoms with E-state index in [1.54, 1.807) is 23.7 Å². The highest BCUT2D eigenvalue weighted by Gasteiger charge is 2.19. The van der Waals surface area contributed by atoms with Gasteiger partial charge in [-0.15, -0.1) is 0 Å². The largest absolute Gasteiger partial charge is 0.497 e. The Labute approximate surface area is 156 Å². The van der Waals surface area contributed by atoms with E-state index in [2.05, 4.69) is 15.1 Å². The Balaban J connectivity index is 1.50. The summed E-state index contributed by atoms with van der Waals surface area (Å²) in [5.41, 5.74) is 3.23. The monoisotopic (exact) mass is 363 g/mol. The number of rotatable bonds is 5. The first kappa shape index (κ1) is 17.1. The van der Waals surface area contributed by atoms with Gasteiger partial charge in [-0.3, -0.25) is 9.48 Å². The lowest BCUT2D eigenvalue weighted by Gasteiger charge is -2.15. The zero-order valence-electron chi connectivity index (χ0n) is 15.6. The zero-order valence-corrected chi connectivity index (χ0v) is 15.6. The Bertz CT molecular complexity index is 1130. The number of aryl methyl sites for hydroxylation is 1. The van der Waals surface area contributed by atoms with E-state index < -0.39 is 0 Å². The third-order valence-electron chi connectivity index (χ3n) is 4.73. The number of para-hydroxylation sites is 1. The van der Waals surface area contributed by atoms with Gasteiger partial charge in [-0.2, -0.15) is 5.10 Å². The third kappa shape index (κ3) is 3.12. The van der Waals surface area contributed by atoms with Gasteiger partial charge in [0.2, 0.25) is 0 Å². The molecule has 0 bridgehead atoms. The second-order valence-corrected chi connectivity index (χ2v) is 6.53. The van der Waals surface area contributed by atoms with Crippen LogP contribution in [0.3, 0.4) is 0 Å². The number of likely N-dealkylation sites (N-methyl/N-ethyl adjacent to an activating group) is 1. The van der Waals surface area contributed by atoms with Crippen molar-refractivity contribution in [2.24, 2.45) is 7.05 Å². The van der Waals surface area contributed by atoms with Crippen molar-refractivity contribution in [3.05, 3.63) is 54.0 Å². The molecule has 0 unspecified atom stereocenters. The van der Waals surface area contributed by atoms with E-state index in [1.807, 2.05) is 49.5 Å². The molecule has 0 saturated heterocycles. The molecule has 0 atom stereocenters. The molecule has 7 heteroatoms. The van der Waals surface area contributed by atoms with Gasteiger partial charge in [-0.1, -0.05) is 18.2 Å². The number of H-pyrrole nitrogens is 1. The highest BCUT2D eigenvalue weighted by atomic mass is 16.5. The molecule has 4 aromatic rings.